The van der Waals surface area contributed by atoms with Crippen molar-refractivity contribution in [2.75, 3.05) is 39.3 Å². The van der Waals surface area contributed by atoms with E-state index >= 15 is 0 Å². The first-order valence-electron chi connectivity index (χ1n) is 10.2. The molecule has 2 aliphatic heterocycles. The molecule has 0 aromatic heterocycles. The van der Waals surface area contributed by atoms with Crippen molar-refractivity contribution in [3.8, 4) is 0 Å². The second-order valence-electron chi connectivity index (χ2n) is 7.69. The molecule has 1 fully saturated rings. The Labute approximate surface area is 174 Å². The first kappa shape index (κ1) is 20.2. The molecule has 2 aromatic rings. The molecule has 0 spiro atoms. The molecule has 0 aliphatic carbocycles. The fourth-order valence-electron chi connectivity index (χ4n) is 4.00. The Hall–Kier alpha value is -3.06. The van der Waals surface area contributed by atoms with Gasteiger partial charge in [-0.2, -0.15) is 0 Å². The Kier molecular flexibility index (Phi) is 5.90. The number of rotatable bonds is 6. The number of halogens is 1. The van der Waals surface area contributed by atoms with E-state index in [0.29, 0.717) is 37.2 Å². The van der Waals surface area contributed by atoms with Crippen LogP contribution in [-0.2, 0) is 11.2 Å². The Morgan fingerprint density at radius 3 is 2.03 bits per heavy atom. The summed E-state index contributed by atoms with van der Waals surface area (Å²) >= 11 is 0. The summed E-state index contributed by atoms with van der Waals surface area (Å²) in [6.45, 7) is 3.98. The van der Waals surface area contributed by atoms with Crippen molar-refractivity contribution in [1.82, 2.24) is 14.7 Å². The van der Waals surface area contributed by atoms with E-state index in [4.69, 9.17) is 0 Å². The molecular weight excluding hydrogens is 385 g/mol. The molecule has 30 heavy (non-hydrogen) atoms. The minimum absolute atomic E-state index is 0.0484. The molecule has 2 aliphatic rings. The molecule has 3 amide bonds. The fraction of sp³-hybridized carbons (Fsp3) is 0.348. The maximum Gasteiger partial charge on any atom is 0.261 e. The number of fused-ring (bicyclic) bond motifs is 1. The average molecular weight is 409 g/mol. The Bertz CT molecular complexity index is 917. The SMILES string of the molecule is O=C(Cc1ccc(F)cc1)N1CCN(CCCN2C(=O)c3ccccc3C2=O)CC1. The number of benzene rings is 2. The molecule has 0 bridgehead atoms. The van der Waals surface area contributed by atoms with Crippen molar-refractivity contribution in [1.29, 1.82) is 0 Å². The minimum atomic E-state index is -0.305. The summed E-state index contributed by atoms with van der Waals surface area (Å²) in [6, 6.07) is 12.9. The van der Waals surface area contributed by atoms with E-state index < -0.39 is 0 Å². The Morgan fingerprint density at radius 2 is 1.43 bits per heavy atom. The highest BCUT2D eigenvalue weighted by atomic mass is 19.1. The van der Waals surface area contributed by atoms with E-state index in [1.807, 2.05) is 4.90 Å². The van der Waals surface area contributed by atoms with E-state index in [1.165, 1.54) is 17.0 Å². The minimum Gasteiger partial charge on any atom is -0.340 e. The maximum absolute atomic E-state index is 13.0. The van der Waals surface area contributed by atoms with Crippen LogP contribution in [0.1, 0.15) is 32.7 Å². The van der Waals surface area contributed by atoms with E-state index in [1.54, 1.807) is 36.4 Å². The van der Waals surface area contributed by atoms with Crippen LogP contribution >= 0.6 is 0 Å². The van der Waals surface area contributed by atoms with Gasteiger partial charge in [0.15, 0.2) is 0 Å². The molecule has 0 saturated carbocycles. The number of carbonyl (C=O) groups is 3. The molecule has 0 N–H and O–H groups in total. The van der Waals surface area contributed by atoms with Crippen LogP contribution in [-0.4, -0.2) is 71.7 Å². The second-order valence-corrected chi connectivity index (χ2v) is 7.69. The van der Waals surface area contributed by atoms with Gasteiger partial charge >= 0.3 is 0 Å². The summed E-state index contributed by atoms with van der Waals surface area (Å²) in [5, 5.41) is 0. The standard InChI is InChI=1S/C23H24FN3O3/c24-18-8-6-17(7-9-18)16-21(28)26-14-12-25(13-15-26)10-3-11-27-22(29)19-4-1-2-5-20(19)23(27)30/h1-2,4-9H,3,10-16H2. The lowest BCUT2D eigenvalue weighted by atomic mass is 10.1. The first-order valence-corrected chi connectivity index (χ1v) is 10.2. The quantitative estimate of drug-likeness (QED) is 0.687. The number of hydrogen-bond donors (Lipinski definition) is 0. The molecule has 6 nitrogen and oxygen atoms in total. The van der Waals surface area contributed by atoms with Crippen LogP contribution in [0.15, 0.2) is 48.5 Å². The molecule has 7 heteroatoms. The summed E-state index contributed by atoms with van der Waals surface area (Å²) in [5.74, 6) is -0.688. The van der Waals surface area contributed by atoms with Crippen molar-refractivity contribution in [2.24, 2.45) is 0 Å². The molecule has 0 radical (unpaired) electrons. The van der Waals surface area contributed by atoms with Crippen LogP contribution < -0.4 is 0 Å². The second kappa shape index (κ2) is 8.75. The number of amides is 3. The molecule has 0 unspecified atom stereocenters. The zero-order valence-electron chi connectivity index (χ0n) is 16.7. The van der Waals surface area contributed by atoms with E-state index in [9.17, 15) is 18.8 Å². The summed E-state index contributed by atoms with van der Waals surface area (Å²) in [5.41, 5.74) is 1.77. The maximum atomic E-state index is 13.0. The molecule has 2 aromatic carbocycles. The largest absolute Gasteiger partial charge is 0.340 e. The van der Waals surface area contributed by atoms with Crippen molar-refractivity contribution in [3.05, 3.63) is 71.0 Å². The smallest absolute Gasteiger partial charge is 0.261 e. The highest BCUT2D eigenvalue weighted by Crippen LogP contribution is 2.22. The van der Waals surface area contributed by atoms with Crippen LogP contribution in [0.5, 0.6) is 0 Å². The Balaban J connectivity index is 1.20. The highest BCUT2D eigenvalue weighted by Gasteiger charge is 2.34. The zero-order valence-corrected chi connectivity index (χ0v) is 16.7. The molecule has 4 rings (SSSR count). The van der Waals surface area contributed by atoms with Gasteiger partial charge in [-0.3, -0.25) is 24.2 Å². The van der Waals surface area contributed by atoms with Gasteiger partial charge in [0.1, 0.15) is 5.82 Å². The average Bonchev–Trinajstić information content (AvgIpc) is 3.01. The molecule has 156 valence electrons. The summed E-state index contributed by atoms with van der Waals surface area (Å²) in [4.78, 5) is 42.7. The van der Waals surface area contributed by atoms with Crippen molar-refractivity contribution >= 4 is 17.7 Å². The number of imide groups is 1. The van der Waals surface area contributed by atoms with E-state index in [0.717, 1.165) is 25.2 Å². The molecule has 1 saturated heterocycles. The van der Waals surface area contributed by atoms with Crippen LogP contribution in [0.4, 0.5) is 4.39 Å². The van der Waals surface area contributed by atoms with E-state index in [2.05, 4.69) is 4.90 Å². The predicted octanol–water partition coefficient (Wildman–Crippen LogP) is 2.20. The highest BCUT2D eigenvalue weighted by molar-refractivity contribution is 6.21. The Morgan fingerprint density at radius 1 is 0.833 bits per heavy atom. The monoisotopic (exact) mass is 409 g/mol. The van der Waals surface area contributed by atoms with Crippen molar-refractivity contribution in [2.45, 2.75) is 12.8 Å². The van der Waals surface area contributed by atoms with Gasteiger partial charge in [0.25, 0.3) is 11.8 Å². The fourth-order valence-corrected chi connectivity index (χ4v) is 4.00. The van der Waals surface area contributed by atoms with Crippen LogP contribution in [0, 0.1) is 5.82 Å². The van der Waals surface area contributed by atoms with Crippen LogP contribution in [0.2, 0.25) is 0 Å². The third-order valence-corrected chi connectivity index (χ3v) is 5.73. The molecule has 2 heterocycles. The number of hydrogen-bond acceptors (Lipinski definition) is 4. The number of piperazine rings is 1. The normalized spacial score (nSPS) is 16.8. The van der Waals surface area contributed by atoms with E-state index in [-0.39, 0.29) is 30.0 Å². The van der Waals surface area contributed by atoms with Gasteiger partial charge in [-0.25, -0.2) is 4.39 Å². The third-order valence-electron chi connectivity index (χ3n) is 5.73. The number of nitrogens with zero attached hydrogens (tertiary/aromatic N) is 3. The van der Waals surface area contributed by atoms with Crippen LogP contribution in [0.3, 0.4) is 0 Å². The van der Waals surface area contributed by atoms with Gasteiger partial charge in [-0.05, 0) is 42.8 Å². The first-order chi connectivity index (χ1) is 14.5. The third kappa shape index (κ3) is 4.26. The van der Waals surface area contributed by atoms with Gasteiger partial charge in [0.05, 0.1) is 17.5 Å². The summed E-state index contributed by atoms with van der Waals surface area (Å²) in [7, 11) is 0. The predicted molar refractivity (Wildman–Crippen MR) is 110 cm³/mol. The van der Waals surface area contributed by atoms with Crippen LogP contribution in [0.25, 0.3) is 0 Å². The summed E-state index contributed by atoms with van der Waals surface area (Å²) in [6.07, 6.45) is 0.981. The lowest BCUT2D eigenvalue weighted by molar-refractivity contribution is -0.132. The zero-order chi connectivity index (χ0) is 21.1. The van der Waals surface area contributed by atoms with Gasteiger partial charge < -0.3 is 4.90 Å². The lowest BCUT2D eigenvalue weighted by Crippen LogP contribution is -2.49. The van der Waals surface area contributed by atoms with Gasteiger partial charge in [-0.15, -0.1) is 0 Å². The van der Waals surface area contributed by atoms with Crippen molar-refractivity contribution in [3.63, 3.8) is 0 Å². The summed E-state index contributed by atoms with van der Waals surface area (Å²) < 4.78 is 13.0. The van der Waals surface area contributed by atoms with Gasteiger partial charge in [0, 0.05) is 32.7 Å². The molecular formula is C23H24FN3O3. The number of carbonyl (C=O) groups excluding carboxylic acids is 3. The van der Waals surface area contributed by atoms with Crippen molar-refractivity contribution < 1.29 is 18.8 Å². The topological polar surface area (TPSA) is 60.9 Å². The molecule has 0 atom stereocenters. The lowest BCUT2D eigenvalue weighted by Gasteiger charge is -2.35. The van der Waals surface area contributed by atoms with Gasteiger partial charge in [-0.1, -0.05) is 24.3 Å². The van der Waals surface area contributed by atoms with Gasteiger partial charge in [0.2, 0.25) is 5.91 Å².